The minimum atomic E-state index is -0.935. The molecule has 4 nitrogen and oxygen atoms in total. The van der Waals surface area contributed by atoms with Gasteiger partial charge in [-0.2, -0.15) is 5.26 Å². The number of aliphatic hydroxyl groups is 1. The van der Waals surface area contributed by atoms with Crippen LogP contribution in [-0.2, 0) is 9.68 Å². The normalized spacial score (nSPS) is 12.3. The van der Waals surface area contributed by atoms with Gasteiger partial charge in [-0.05, 0) is 13.8 Å². The van der Waals surface area contributed by atoms with Crippen LogP contribution in [0.4, 0.5) is 0 Å². The van der Waals surface area contributed by atoms with Gasteiger partial charge in [-0.25, -0.2) is 4.79 Å². The molecule has 0 amide bonds. The SMILES string of the molecule is CC(O)=C(C)C(=O)OO. The van der Waals surface area contributed by atoms with E-state index in [1.807, 2.05) is 0 Å². The smallest absolute Gasteiger partial charge is 0.371 e. The monoisotopic (exact) mass is 132 g/mol. The summed E-state index contributed by atoms with van der Waals surface area (Å²) in [6.45, 7) is 2.67. The molecule has 0 bridgehead atoms. The summed E-state index contributed by atoms with van der Waals surface area (Å²) in [5.74, 6) is -1.09. The molecule has 0 aliphatic carbocycles. The van der Waals surface area contributed by atoms with E-state index in [1.54, 1.807) is 0 Å². The number of hydrogen-bond donors (Lipinski definition) is 2. The summed E-state index contributed by atoms with van der Waals surface area (Å²) in [4.78, 5) is 13.6. The number of carbonyl (C=O) groups excluding carboxylic acids is 1. The van der Waals surface area contributed by atoms with Gasteiger partial charge in [0.1, 0.15) is 0 Å². The maximum atomic E-state index is 10.3. The van der Waals surface area contributed by atoms with Crippen LogP contribution in [0.2, 0.25) is 0 Å². The van der Waals surface area contributed by atoms with Gasteiger partial charge in [0, 0.05) is 0 Å². The number of hydrogen-bond acceptors (Lipinski definition) is 4. The lowest BCUT2D eigenvalue weighted by atomic mass is 10.3. The van der Waals surface area contributed by atoms with Crippen molar-refractivity contribution in [2.75, 3.05) is 0 Å². The molecule has 9 heavy (non-hydrogen) atoms. The zero-order valence-corrected chi connectivity index (χ0v) is 5.21. The Hall–Kier alpha value is -1.03. The number of rotatable bonds is 1. The van der Waals surface area contributed by atoms with E-state index in [4.69, 9.17) is 10.4 Å². The first-order valence-electron chi connectivity index (χ1n) is 2.31. The second-order valence-corrected chi connectivity index (χ2v) is 1.59. The standard InChI is InChI=1S/C5H8O4/c1-3(4(2)6)5(7)9-8/h6,8H,1-2H3. The van der Waals surface area contributed by atoms with E-state index in [0.29, 0.717) is 0 Å². The van der Waals surface area contributed by atoms with Crippen molar-refractivity contribution in [3.63, 3.8) is 0 Å². The molecule has 0 rings (SSSR count). The van der Waals surface area contributed by atoms with Gasteiger partial charge in [-0.15, -0.1) is 0 Å². The Bertz CT molecular complexity index is 143. The van der Waals surface area contributed by atoms with Crippen LogP contribution in [0.5, 0.6) is 0 Å². The molecule has 0 fully saturated rings. The van der Waals surface area contributed by atoms with Crippen molar-refractivity contribution in [1.82, 2.24) is 0 Å². The van der Waals surface area contributed by atoms with E-state index in [0.717, 1.165) is 0 Å². The van der Waals surface area contributed by atoms with Crippen molar-refractivity contribution in [2.24, 2.45) is 0 Å². The van der Waals surface area contributed by atoms with E-state index in [9.17, 15) is 4.79 Å². The molecule has 0 aliphatic rings. The third-order valence-corrected chi connectivity index (χ3v) is 0.932. The summed E-state index contributed by atoms with van der Waals surface area (Å²) < 4.78 is 0. The topological polar surface area (TPSA) is 66.8 Å². The number of carbonyl (C=O) groups is 1. The zero-order chi connectivity index (χ0) is 7.44. The fourth-order valence-electron chi connectivity index (χ4n) is 0.216. The molecule has 52 valence electrons. The third-order valence-electron chi connectivity index (χ3n) is 0.932. The van der Waals surface area contributed by atoms with Crippen LogP contribution in [0, 0.1) is 0 Å². The van der Waals surface area contributed by atoms with Gasteiger partial charge < -0.3 is 5.11 Å². The fourth-order valence-corrected chi connectivity index (χ4v) is 0.216. The molecule has 0 aromatic rings. The van der Waals surface area contributed by atoms with Gasteiger partial charge in [0.15, 0.2) is 0 Å². The molecule has 0 aliphatic heterocycles. The van der Waals surface area contributed by atoms with Crippen molar-refractivity contribution in [1.29, 1.82) is 0 Å². The van der Waals surface area contributed by atoms with Crippen molar-refractivity contribution in [3.8, 4) is 0 Å². The molecular weight excluding hydrogens is 124 g/mol. The minimum absolute atomic E-state index is 0.00231. The predicted molar refractivity (Wildman–Crippen MR) is 29.7 cm³/mol. The summed E-state index contributed by atoms with van der Waals surface area (Å²) in [6, 6.07) is 0. The Morgan fingerprint density at radius 3 is 2.00 bits per heavy atom. The third kappa shape index (κ3) is 2.14. The highest BCUT2D eigenvalue weighted by Gasteiger charge is 2.07. The molecule has 0 radical (unpaired) electrons. The van der Waals surface area contributed by atoms with E-state index in [1.165, 1.54) is 13.8 Å². The summed E-state index contributed by atoms with van der Waals surface area (Å²) >= 11 is 0. The molecule has 0 spiro atoms. The van der Waals surface area contributed by atoms with Crippen molar-refractivity contribution in [2.45, 2.75) is 13.8 Å². The van der Waals surface area contributed by atoms with E-state index >= 15 is 0 Å². The average molecular weight is 132 g/mol. The van der Waals surface area contributed by atoms with Crippen LogP contribution >= 0.6 is 0 Å². The van der Waals surface area contributed by atoms with Crippen LogP contribution in [0.15, 0.2) is 11.3 Å². The van der Waals surface area contributed by atoms with Gasteiger partial charge in [0.25, 0.3) is 0 Å². The lowest BCUT2D eigenvalue weighted by Crippen LogP contribution is -2.03. The van der Waals surface area contributed by atoms with Crippen molar-refractivity contribution in [3.05, 3.63) is 11.3 Å². The molecule has 0 heterocycles. The van der Waals surface area contributed by atoms with E-state index in [2.05, 4.69) is 4.89 Å². The molecular formula is C5H8O4. The van der Waals surface area contributed by atoms with Crippen molar-refractivity contribution >= 4 is 5.97 Å². The maximum Gasteiger partial charge on any atom is 0.371 e. The highest BCUT2D eigenvalue weighted by molar-refractivity contribution is 5.87. The molecule has 4 heteroatoms. The molecule has 0 unspecified atom stereocenters. The second-order valence-electron chi connectivity index (χ2n) is 1.59. The Labute approximate surface area is 52.3 Å². The predicted octanol–water partition coefficient (Wildman–Crippen LogP) is 0.855. The lowest BCUT2D eigenvalue weighted by molar-refractivity contribution is -0.229. The van der Waals surface area contributed by atoms with E-state index < -0.39 is 5.97 Å². The van der Waals surface area contributed by atoms with Gasteiger partial charge in [0.05, 0.1) is 11.3 Å². The minimum Gasteiger partial charge on any atom is -0.512 e. The molecule has 2 N–H and O–H groups in total. The highest BCUT2D eigenvalue weighted by Crippen LogP contribution is 1.99. The van der Waals surface area contributed by atoms with Crippen LogP contribution in [-0.4, -0.2) is 16.3 Å². The summed E-state index contributed by atoms with van der Waals surface area (Å²) in [5, 5.41) is 16.3. The number of allylic oxidation sites excluding steroid dienone is 1. The Kier molecular flexibility index (Phi) is 2.73. The molecule has 0 saturated carbocycles. The summed E-state index contributed by atoms with van der Waals surface area (Å²) in [5.41, 5.74) is -0.00231. The van der Waals surface area contributed by atoms with Gasteiger partial charge in [-0.1, -0.05) is 0 Å². The second kappa shape index (κ2) is 3.09. The Balaban J connectivity index is 4.21. The first-order chi connectivity index (χ1) is 4.09. The molecule has 0 aromatic carbocycles. The van der Waals surface area contributed by atoms with Crippen molar-refractivity contribution < 1.29 is 20.0 Å². The summed E-state index contributed by atoms with van der Waals surface area (Å²) in [6.07, 6.45) is 0. The first-order valence-corrected chi connectivity index (χ1v) is 2.31. The van der Waals surface area contributed by atoms with Crippen LogP contribution < -0.4 is 0 Å². The first kappa shape index (κ1) is 7.97. The molecule has 0 aromatic heterocycles. The Morgan fingerprint density at radius 1 is 1.44 bits per heavy atom. The average Bonchev–Trinajstić information content (AvgIpc) is 1.84. The highest BCUT2D eigenvalue weighted by atomic mass is 17.1. The number of aliphatic hydroxyl groups excluding tert-OH is 1. The van der Waals surface area contributed by atoms with Gasteiger partial charge >= 0.3 is 5.97 Å². The molecule has 0 atom stereocenters. The van der Waals surface area contributed by atoms with Crippen LogP contribution in [0.1, 0.15) is 13.8 Å². The lowest BCUT2D eigenvalue weighted by Gasteiger charge is -1.95. The fraction of sp³-hybridized carbons (Fsp3) is 0.400. The maximum absolute atomic E-state index is 10.3. The van der Waals surface area contributed by atoms with Crippen LogP contribution in [0.3, 0.4) is 0 Å². The Morgan fingerprint density at radius 2 is 1.89 bits per heavy atom. The quantitative estimate of drug-likeness (QED) is 0.240. The zero-order valence-electron chi connectivity index (χ0n) is 5.21. The van der Waals surface area contributed by atoms with Gasteiger partial charge in [0.2, 0.25) is 0 Å². The summed E-state index contributed by atoms with van der Waals surface area (Å²) in [7, 11) is 0. The largest absolute Gasteiger partial charge is 0.512 e. The van der Waals surface area contributed by atoms with E-state index in [-0.39, 0.29) is 11.3 Å². The van der Waals surface area contributed by atoms with Gasteiger partial charge in [-0.3, -0.25) is 4.89 Å². The van der Waals surface area contributed by atoms with Crippen LogP contribution in [0.25, 0.3) is 0 Å². The molecule has 0 saturated heterocycles.